The second kappa shape index (κ2) is 3.42. The van der Waals surface area contributed by atoms with Crippen LogP contribution in [-0.4, -0.2) is 35.4 Å². The van der Waals surface area contributed by atoms with Crippen molar-refractivity contribution in [2.45, 2.75) is 19.1 Å². The number of likely N-dealkylation sites (N-methyl/N-ethyl adjacent to an activating group) is 1. The summed E-state index contributed by atoms with van der Waals surface area (Å²) in [6.45, 7) is 1.43. The van der Waals surface area contributed by atoms with Crippen LogP contribution in [0.15, 0.2) is 0 Å². The Labute approximate surface area is 53.5 Å². The molecule has 0 aliphatic rings. The first kappa shape index (κ1) is 8.39. The van der Waals surface area contributed by atoms with Crippen molar-refractivity contribution >= 4 is 5.97 Å². The molecule has 2 atom stereocenters. The molecule has 0 saturated carbocycles. The lowest BCUT2D eigenvalue weighted by molar-refractivity contribution is -0.141. The summed E-state index contributed by atoms with van der Waals surface area (Å²) in [7, 11) is 1.49. The molecule has 0 rings (SSSR count). The molecule has 54 valence electrons. The highest BCUT2D eigenvalue weighted by molar-refractivity contribution is 5.74. The van der Waals surface area contributed by atoms with Crippen molar-refractivity contribution < 1.29 is 15.0 Å². The van der Waals surface area contributed by atoms with Gasteiger partial charge in [0, 0.05) is 0 Å². The van der Waals surface area contributed by atoms with Crippen molar-refractivity contribution in [3.8, 4) is 0 Å². The molecule has 9 heavy (non-hydrogen) atoms. The van der Waals surface area contributed by atoms with Crippen molar-refractivity contribution in [3.05, 3.63) is 0 Å². The Balaban J connectivity index is 3.83. The molecule has 0 saturated heterocycles. The minimum Gasteiger partial charge on any atom is -0.480 e. The topological polar surface area (TPSA) is 69.6 Å². The summed E-state index contributed by atoms with van der Waals surface area (Å²) in [5.41, 5.74) is 0. The van der Waals surface area contributed by atoms with Gasteiger partial charge in [0.05, 0.1) is 6.10 Å². The van der Waals surface area contributed by atoms with Crippen LogP contribution < -0.4 is 5.32 Å². The fraction of sp³-hybridized carbons (Fsp3) is 0.800. The lowest BCUT2D eigenvalue weighted by Gasteiger charge is -2.12. The monoisotopic (exact) mass is 133 g/mol. The summed E-state index contributed by atoms with van der Waals surface area (Å²) in [4.78, 5) is 10.1. The number of carbonyl (C=O) groups is 1. The second-order valence-electron chi connectivity index (χ2n) is 1.85. The largest absolute Gasteiger partial charge is 0.480 e. The maximum Gasteiger partial charge on any atom is 0.323 e. The van der Waals surface area contributed by atoms with Gasteiger partial charge in [-0.1, -0.05) is 0 Å². The number of carboxylic acid groups (broad SMARTS) is 1. The molecule has 0 aromatic carbocycles. The van der Waals surface area contributed by atoms with E-state index < -0.39 is 18.1 Å². The van der Waals surface area contributed by atoms with Gasteiger partial charge in [-0.2, -0.15) is 0 Å². The molecule has 4 nitrogen and oxygen atoms in total. The van der Waals surface area contributed by atoms with Gasteiger partial charge in [0.2, 0.25) is 0 Å². The molecular formula is C5H11NO3. The number of aliphatic hydroxyl groups is 1. The number of hydrogen-bond donors (Lipinski definition) is 3. The van der Waals surface area contributed by atoms with E-state index in [1.807, 2.05) is 0 Å². The summed E-state index contributed by atoms with van der Waals surface area (Å²) in [5, 5.41) is 19.5. The van der Waals surface area contributed by atoms with E-state index in [2.05, 4.69) is 5.32 Å². The van der Waals surface area contributed by atoms with Crippen LogP contribution >= 0.6 is 0 Å². The Hall–Kier alpha value is -0.610. The molecule has 0 aromatic rings. The van der Waals surface area contributed by atoms with Gasteiger partial charge in [-0.3, -0.25) is 4.79 Å². The van der Waals surface area contributed by atoms with Gasteiger partial charge in [-0.05, 0) is 14.0 Å². The third-order valence-electron chi connectivity index (χ3n) is 1.06. The first-order chi connectivity index (χ1) is 4.09. The molecule has 0 aliphatic carbocycles. The molecule has 0 amide bonds. The number of hydrogen-bond acceptors (Lipinski definition) is 3. The van der Waals surface area contributed by atoms with E-state index in [-0.39, 0.29) is 0 Å². The van der Waals surface area contributed by atoms with Gasteiger partial charge in [-0.25, -0.2) is 0 Å². The Morgan fingerprint density at radius 1 is 1.67 bits per heavy atom. The predicted octanol–water partition coefficient (Wildman–Crippen LogP) is -0.960. The van der Waals surface area contributed by atoms with Crippen LogP contribution in [0, 0.1) is 0 Å². The lowest BCUT2D eigenvalue weighted by Crippen LogP contribution is -2.42. The normalized spacial score (nSPS) is 16.8. The molecule has 0 unspecified atom stereocenters. The first-order valence-corrected chi connectivity index (χ1v) is 2.67. The van der Waals surface area contributed by atoms with Crippen molar-refractivity contribution in [2.75, 3.05) is 7.05 Å². The van der Waals surface area contributed by atoms with Gasteiger partial charge in [0.15, 0.2) is 0 Å². The second-order valence-corrected chi connectivity index (χ2v) is 1.85. The Bertz CT molecular complexity index is 102. The highest BCUT2D eigenvalue weighted by Crippen LogP contribution is 1.89. The number of carboxylic acids is 1. The van der Waals surface area contributed by atoms with Crippen molar-refractivity contribution in [3.63, 3.8) is 0 Å². The molecule has 4 heteroatoms. The maximum atomic E-state index is 10.1. The van der Waals surface area contributed by atoms with Crippen LogP contribution in [0.5, 0.6) is 0 Å². The average molecular weight is 133 g/mol. The van der Waals surface area contributed by atoms with E-state index in [0.29, 0.717) is 0 Å². The Kier molecular flexibility index (Phi) is 3.19. The molecule has 0 radical (unpaired) electrons. The van der Waals surface area contributed by atoms with E-state index in [0.717, 1.165) is 0 Å². The van der Waals surface area contributed by atoms with Crippen molar-refractivity contribution in [2.24, 2.45) is 0 Å². The number of nitrogens with one attached hydrogen (secondary N) is 1. The highest BCUT2D eigenvalue weighted by Gasteiger charge is 2.19. The summed E-state index contributed by atoms with van der Waals surface area (Å²) < 4.78 is 0. The predicted molar refractivity (Wildman–Crippen MR) is 32.2 cm³/mol. The minimum absolute atomic E-state index is 0.854. The van der Waals surface area contributed by atoms with Gasteiger partial charge in [-0.15, -0.1) is 0 Å². The standard InChI is InChI=1S/C5H11NO3/c1-3(7)4(6-2)5(8)9/h3-4,6-7H,1-2H3,(H,8,9)/t3-,4-/m1/s1. The average Bonchev–Trinajstić information content (AvgIpc) is 1.64. The minimum atomic E-state index is -1.03. The molecular weight excluding hydrogens is 122 g/mol. The maximum absolute atomic E-state index is 10.1. The third-order valence-corrected chi connectivity index (χ3v) is 1.06. The van der Waals surface area contributed by atoms with Gasteiger partial charge >= 0.3 is 5.97 Å². The number of rotatable bonds is 3. The van der Waals surface area contributed by atoms with Crippen LogP contribution in [0.2, 0.25) is 0 Å². The zero-order valence-electron chi connectivity index (χ0n) is 5.46. The molecule has 0 aliphatic heterocycles. The van der Waals surface area contributed by atoms with Crippen molar-refractivity contribution in [1.29, 1.82) is 0 Å². The summed E-state index contributed by atoms with van der Waals surface area (Å²) in [6, 6.07) is -0.856. The van der Waals surface area contributed by atoms with E-state index in [4.69, 9.17) is 10.2 Å². The van der Waals surface area contributed by atoms with E-state index >= 15 is 0 Å². The smallest absolute Gasteiger partial charge is 0.323 e. The zero-order valence-corrected chi connectivity index (χ0v) is 5.46. The molecule has 0 aromatic heterocycles. The van der Waals surface area contributed by atoms with Crippen LogP contribution in [0.4, 0.5) is 0 Å². The molecule has 3 N–H and O–H groups in total. The summed E-state index contributed by atoms with van der Waals surface area (Å²) in [6.07, 6.45) is -0.854. The van der Waals surface area contributed by atoms with Gasteiger partial charge in [0.25, 0.3) is 0 Å². The quantitative estimate of drug-likeness (QED) is 0.463. The van der Waals surface area contributed by atoms with Gasteiger partial charge < -0.3 is 15.5 Å². The van der Waals surface area contributed by atoms with E-state index in [1.165, 1.54) is 14.0 Å². The fourth-order valence-corrected chi connectivity index (χ4v) is 0.571. The van der Waals surface area contributed by atoms with Crippen LogP contribution in [-0.2, 0) is 4.79 Å². The third kappa shape index (κ3) is 2.43. The van der Waals surface area contributed by atoms with Crippen LogP contribution in [0.1, 0.15) is 6.92 Å². The van der Waals surface area contributed by atoms with Crippen molar-refractivity contribution in [1.82, 2.24) is 5.32 Å². The molecule has 0 bridgehead atoms. The zero-order chi connectivity index (χ0) is 7.44. The fourth-order valence-electron chi connectivity index (χ4n) is 0.571. The van der Waals surface area contributed by atoms with E-state index in [9.17, 15) is 4.79 Å². The molecule has 0 heterocycles. The summed E-state index contributed by atoms with van der Waals surface area (Å²) in [5.74, 6) is -1.03. The summed E-state index contributed by atoms with van der Waals surface area (Å²) >= 11 is 0. The first-order valence-electron chi connectivity index (χ1n) is 2.67. The van der Waals surface area contributed by atoms with Crippen LogP contribution in [0.25, 0.3) is 0 Å². The Morgan fingerprint density at radius 2 is 2.11 bits per heavy atom. The van der Waals surface area contributed by atoms with E-state index in [1.54, 1.807) is 0 Å². The highest BCUT2D eigenvalue weighted by atomic mass is 16.4. The SMILES string of the molecule is CN[C@@H](C(=O)O)[C@@H](C)O. The lowest BCUT2D eigenvalue weighted by atomic mass is 10.2. The number of aliphatic hydroxyl groups excluding tert-OH is 1. The van der Waals surface area contributed by atoms with Gasteiger partial charge in [0.1, 0.15) is 6.04 Å². The number of aliphatic carboxylic acids is 1. The van der Waals surface area contributed by atoms with Crippen LogP contribution in [0.3, 0.4) is 0 Å². The molecule has 0 spiro atoms. The molecule has 0 fully saturated rings. The Morgan fingerprint density at radius 3 is 2.11 bits per heavy atom.